The largest absolute Gasteiger partial charge is 0.385 e. The Balaban J connectivity index is 1.83. The van der Waals surface area contributed by atoms with Gasteiger partial charge in [-0.2, -0.15) is 0 Å². The summed E-state index contributed by atoms with van der Waals surface area (Å²) in [5.41, 5.74) is 0.157. The molecule has 0 radical (unpaired) electrons. The Labute approximate surface area is 119 Å². The Morgan fingerprint density at radius 3 is 2.84 bits per heavy atom. The first-order valence-electron chi connectivity index (χ1n) is 7.14. The van der Waals surface area contributed by atoms with Crippen LogP contribution in [-0.4, -0.2) is 17.3 Å². The predicted octanol–water partition coefficient (Wildman–Crippen LogP) is 3.90. The molecule has 3 rings (SSSR count). The van der Waals surface area contributed by atoms with Gasteiger partial charge in [-0.15, -0.1) is 0 Å². The van der Waals surface area contributed by atoms with Crippen LogP contribution in [0.15, 0.2) is 24.3 Å². The summed E-state index contributed by atoms with van der Waals surface area (Å²) in [5.74, 6) is 0.250. The van der Waals surface area contributed by atoms with E-state index in [1.165, 1.54) is 6.42 Å². The van der Waals surface area contributed by atoms with Gasteiger partial charge in [-0.25, -0.2) is 0 Å². The van der Waals surface area contributed by atoms with Gasteiger partial charge in [0, 0.05) is 11.6 Å². The molecular formula is C16H21ClO2. The highest BCUT2D eigenvalue weighted by Gasteiger charge is 2.47. The zero-order valence-corrected chi connectivity index (χ0v) is 12.1. The Morgan fingerprint density at radius 2 is 2.21 bits per heavy atom. The van der Waals surface area contributed by atoms with Gasteiger partial charge >= 0.3 is 0 Å². The van der Waals surface area contributed by atoms with Crippen molar-refractivity contribution in [1.82, 2.24) is 0 Å². The Bertz CT molecular complexity index is 466. The van der Waals surface area contributed by atoms with Gasteiger partial charge < -0.3 is 9.84 Å². The fraction of sp³-hybridized carbons (Fsp3) is 0.625. The number of aliphatic hydroxyl groups is 1. The van der Waals surface area contributed by atoms with Gasteiger partial charge in [0.2, 0.25) is 0 Å². The third-order valence-corrected chi connectivity index (χ3v) is 5.20. The normalized spacial score (nSPS) is 28.7. The monoisotopic (exact) mass is 280 g/mol. The lowest BCUT2D eigenvalue weighted by molar-refractivity contribution is -0.174. The van der Waals surface area contributed by atoms with Crippen LogP contribution >= 0.6 is 11.6 Å². The highest BCUT2D eigenvalue weighted by Crippen LogP contribution is 2.48. The Kier molecular flexibility index (Phi) is 3.36. The molecule has 1 saturated carbocycles. The van der Waals surface area contributed by atoms with E-state index in [4.69, 9.17) is 16.3 Å². The number of hydrogen-bond acceptors (Lipinski definition) is 2. The third-order valence-electron chi connectivity index (χ3n) is 4.96. The summed E-state index contributed by atoms with van der Waals surface area (Å²) >= 11 is 6.05. The molecule has 1 aromatic carbocycles. The smallest absolute Gasteiger partial charge is 0.0898 e. The van der Waals surface area contributed by atoms with Crippen LogP contribution in [0, 0.1) is 5.92 Å². The minimum atomic E-state index is -0.822. The van der Waals surface area contributed by atoms with Gasteiger partial charge in [0.1, 0.15) is 0 Å². The van der Waals surface area contributed by atoms with Crippen LogP contribution in [0.3, 0.4) is 0 Å². The van der Waals surface area contributed by atoms with Crippen LogP contribution in [0.4, 0.5) is 0 Å². The Morgan fingerprint density at radius 1 is 1.42 bits per heavy atom. The lowest BCUT2D eigenvalue weighted by Gasteiger charge is -2.50. The molecule has 104 valence electrons. The Hall–Kier alpha value is -0.570. The van der Waals surface area contributed by atoms with Gasteiger partial charge in [-0.05, 0) is 62.6 Å². The summed E-state index contributed by atoms with van der Waals surface area (Å²) < 4.78 is 5.95. The van der Waals surface area contributed by atoms with E-state index < -0.39 is 5.60 Å². The van der Waals surface area contributed by atoms with E-state index in [-0.39, 0.29) is 11.5 Å². The maximum Gasteiger partial charge on any atom is 0.0898 e. The standard InChI is InChI=1S/C16H21ClO2/c1-15(18,12-4-2-5-14(17)10-12)13-6-9-19-16(11-13)7-3-8-16/h2,4-5,10,13,18H,3,6-9,11H2,1H3. The summed E-state index contributed by atoms with van der Waals surface area (Å²) in [7, 11) is 0. The van der Waals surface area contributed by atoms with Crippen molar-refractivity contribution in [3.63, 3.8) is 0 Å². The number of rotatable bonds is 2. The fourth-order valence-electron chi connectivity index (χ4n) is 3.47. The van der Waals surface area contributed by atoms with Crippen LogP contribution in [0.2, 0.25) is 5.02 Å². The highest BCUT2D eigenvalue weighted by atomic mass is 35.5. The average molecular weight is 281 g/mol. The van der Waals surface area contributed by atoms with Gasteiger partial charge in [-0.3, -0.25) is 0 Å². The van der Waals surface area contributed by atoms with E-state index in [1.807, 2.05) is 31.2 Å². The summed E-state index contributed by atoms with van der Waals surface area (Å²) in [4.78, 5) is 0. The first kappa shape index (κ1) is 13.4. The quantitative estimate of drug-likeness (QED) is 0.890. The zero-order valence-electron chi connectivity index (χ0n) is 11.4. The molecule has 0 aromatic heterocycles. The number of halogens is 1. The number of ether oxygens (including phenoxy) is 1. The van der Waals surface area contributed by atoms with Gasteiger partial charge in [0.15, 0.2) is 0 Å². The van der Waals surface area contributed by atoms with Gasteiger partial charge in [0.05, 0.1) is 11.2 Å². The summed E-state index contributed by atoms with van der Waals surface area (Å²) in [6.45, 7) is 2.68. The van der Waals surface area contributed by atoms with E-state index in [0.29, 0.717) is 5.02 Å². The SMILES string of the molecule is CC(O)(c1cccc(Cl)c1)C1CCOC2(CCC2)C1. The molecule has 1 heterocycles. The van der Waals surface area contributed by atoms with Crippen LogP contribution in [0.25, 0.3) is 0 Å². The summed E-state index contributed by atoms with van der Waals surface area (Å²) in [6, 6.07) is 7.60. The van der Waals surface area contributed by atoms with Crippen molar-refractivity contribution in [2.75, 3.05) is 6.61 Å². The second-order valence-corrected chi connectivity index (χ2v) is 6.67. The van der Waals surface area contributed by atoms with Crippen molar-refractivity contribution < 1.29 is 9.84 Å². The molecule has 1 aliphatic heterocycles. The molecule has 2 fully saturated rings. The molecule has 0 bridgehead atoms. The topological polar surface area (TPSA) is 29.5 Å². The van der Waals surface area contributed by atoms with E-state index in [2.05, 4.69) is 0 Å². The van der Waals surface area contributed by atoms with Crippen LogP contribution < -0.4 is 0 Å². The van der Waals surface area contributed by atoms with Gasteiger partial charge in [-0.1, -0.05) is 23.7 Å². The molecule has 1 N–H and O–H groups in total. The number of hydrogen-bond donors (Lipinski definition) is 1. The maximum atomic E-state index is 11.0. The molecule has 2 aliphatic rings. The van der Waals surface area contributed by atoms with Crippen molar-refractivity contribution >= 4 is 11.6 Å². The second-order valence-electron chi connectivity index (χ2n) is 6.23. The summed E-state index contributed by atoms with van der Waals surface area (Å²) in [6.07, 6.45) is 5.43. The van der Waals surface area contributed by atoms with Crippen molar-refractivity contribution in [2.45, 2.75) is 50.2 Å². The second kappa shape index (κ2) is 4.76. The first-order valence-corrected chi connectivity index (χ1v) is 7.52. The maximum absolute atomic E-state index is 11.0. The van der Waals surface area contributed by atoms with Crippen molar-refractivity contribution in [2.24, 2.45) is 5.92 Å². The molecular weight excluding hydrogens is 260 g/mol. The lowest BCUT2D eigenvalue weighted by Crippen LogP contribution is -2.49. The van der Waals surface area contributed by atoms with Crippen molar-refractivity contribution in [3.05, 3.63) is 34.9 Å². The van der Waals surface area contributed by atoms with Crippen LogP contribution in [0.1, 0.15) is 44.6 Å². The molecule has 1 aliphatic carbocycles. The van der Waals surface area contributed by atoms with E-state index in [9.17, 15) is 5.11 Å². The molecule has 1 spiro atoms. The molecule has 3 heteroatoms. The third kappa shape index (κ3) is 2.42. The first-order chi connectivity index (χ1) is 9.02. The average Bonchev–Trinajstić information content (AvgIpc) is 2.37. The molecule has 2 unspecified atom stereocenters. The minimum Gasteiger partial charge on any atom is -0.385 e. The fourth-order valence-corrected chi connectivity index (χ4v) is 3.66. The lowest BCUT2D eigenvalue weighted by atomic mass is 9.67. The minimum absolute atomic E-state index is 0.0610. The van der Waals surface area contributed by atoms with Gasteiger partial charge in [0.25, 0.3) is 0 Å². The molecule has 1 saturated heterocycles. The van der Waals surface area contributed by atoms with E-state index in [0.717, 1.165) is 37.9 Å². The highest BCUT2D eigenvalue weighted by molar-refractivity contribution is 6.30. The van der Waals surface area contributed by atoms with Crippen molar-refractivity contribution in [1.29, 1.82) is 0 Å². The molecule has 2 atom stereocenters. The van der Waals surface area contributed by atoms with Crippen LogP contribution in [0.5, 0.6) is 0 Å². The van der Waals surface area contributed by atoms with E-state index in [1.54, 1.807) is 0 Å². The number of benzene rings is 1. The summed E-state index contributed by atoms with van der Waals surface area (Å²) in [5, 5.41) is 11.7. The van der Waals surface area contributed by atoms with Crippen LogP contribution in [-0.2, 0) is 10.3 Å². The predicted molar refractivity (Wildman–Crippen MR) is 76.3 cm³/mol. The molecule has 0 amide bonds. The molecule has 2 nitrogen and oxygen atoms in total. The van der Waals surface area contributed by atoms with E-state index >= 15 is 0 Å². The zero-order chi connectivity index (χ0) is 13.5. The molecule has 1 aromatic rings. The molecule has 19 heavy (non-hydrogen) atoms. The van der Waals surface area contributed by atoms with Crippen molar-refractivity contribution in [3.8, 4) is 0 Å².